The van der Waals surface area contributed by atoms with Gasteiger partial charge in [0, 0.05) is 0 Å². The zero-order valence-electron chi connectivity index (χ0n) is 6.62. The number of anilines is 1. The number of benzene rings is 1. The van der Waals surface area contributed by atoms with Crippen molar-refractivity contribution in [3.63, 3.8) is 0 Å². The standard InChI is InChI=1S/C7H5BrF4N2/c8-4-2-6(14-13)3(1-5(4)9)7(10,11)12/h1-2,14H,13H2. The van der Waals surface area contributed by atoms with Crippen molar-refractivity contribution < 1.29 is 17.6 Å². The van der Waals surface area contributed by atoms with E-state index in [1.807, 2.05) is 5.43 Å². The molecule has 0 aliphatic rings. The molecule has 2 nitrogen and oxygen atoms in total. The van der Waals surface area contributed by atoms with Crippen molar-refractivity contribution in [2.45, 2.75) is 6.18 Å². The van der Waals surface area contributed by atoms with E-state index >= 15 is 0 Å². The highest BCUT2D eigenvalue weighted by Crippen LogP contribution is 2.36. The second-order valence-corrected chi connectivity index (χ2v) is 3.31. The lowest BCUT2D eigenvalue weighted by atomic mass is 10.1. The van der Waals surface area contributed by atoms with Crippen LogP contribution in [0.3, 0.4) is 0 Å². The summed E-state index contributed by atoms with van der Waals surface area (Å²) in [6.07, 6.45) is -4.64. The monoisotopic (exact) mass is 272 g/mol. The molecule has 0 radical (unpaired) electrons. The van der Waals surface area contributed by atoms with Gasteiger partial charge in [0.15, 0.2) is 0 Å². The van der Waals surface area contributed by atoms with Gasteiger partial charge in [0.25, 0.3) is 0 Å². The maximum atomic E-state index is 12.8. The average molecular weight is 273 g/mol. The predicted octanol–water partition coefficient (Wildman–Crippen LogP) is 2.89. The van der Waals surface area contributed by atoms with Crippen LogP contribution in [0.25, 0.3) is 0 Å². The van der Waals surface area contributed by atoms with Crippen LogP contribution in [-0.4, -0.2) is 0 Å². The largest absolute Gasteiger partial charge is 0.418 e. The van der Waals surface area contributed by atoms with E-state index in [9.17, 15) is 17.6 Å². The molecule has 1 rings (SSSR count). The van der Waals surface area contributed by atoms with Crippen molar-refractivity contribution in [2.75, 3.05) is 5.43 Å². The fourth-order valence-corrected chi connectivity index (χ4v) is 1.24. The SMILES string of the molecule is NNc1cc(Br)c(F)cc1C(F)(F)F. The first-order valence-electron chi connectivity index (χ1n) is 3.39. The van der Waals surface area contributed by atoms with Crippen LogP contribution in [0, 0.1) is 5.82 Å². The van der Waals surface area contributed by atoms with Crippen LogP contribution in [0.5, 0.6) is 0 Å². The third kappa shape index (κ3) is 2.16. The van der Waals surface area contributed by atoms with Crippen LogP contribution in [0.4, 0.5) is 23.2 Å². The maximum absolute atomic E-state index is 12.8. The molecule has 0 bridgehead atoms. The molecule has 0 saturated heterocycles. The Balaban J connectivity index is 3.35. The minimum atomic E-state index is -4.64. The lowest BCUT2D eigenvalue weighted by Gasteiger charge is -2.12. The molecule has 0 aliphatic carbocycles. The van der Waals surface area contributed by atoms with E-state index in [2.05, 4.69) is 15.9 Å². The van der Waals surface area contributed by atoms with Gasteiger partial charge in [0.1, 0.15) is 5.82 Å². The van der Waals surface area contributed by atoms with Gasteiger partial charge < -0.3 is 5.43 Å². The molecule has 0 fully saturated rings. The van der Waals surface area contributed by atoms with Crippen molar-refractivity contribution in [1.82, 2.24) is 0 Å². The lowest BCUT2D eigenvalue weighted by Crippen LogP contribution is -2.15. The van der Waals surface area contributed by atoms with Gasteiger partial charge in [-0.3, -0.25) is 5.84 Å². The minimum Gasteiger partial charge on any atom is -0.323 e. The normalized spacial score (nSPS) is 11.6. The molecule has 14 heavy (non-hydrogen) atoms. The molecule has 0 amide bonds. The number of rotatable bonds is 1. The summed E-state index contributed by atoms with van der Waals surface area (Å²) in [4.78, 5) is 0. The Bertz CT molecular complexity index is 350. The second kappa shape index (κ2) is 3.74. The summed E-state index contributed by atoms with van der Waals surface area (Å²) in [6.45, 7) is 0. The van der Waals surface area contributed by atoms with Crippen LogP contribution in [-0.2, 0) is 6.18 Å². The van der Waals surface area contributed by atoms with Crippen molar-refractivity contribution >= 4 is 21.6 Å². The van der Waals surface area contributed by atoms with Gasteiger partial charge in [0.05, 0.1) is 15.7 Å². The first kappa shape index (κ1) is 11.3. The van der Waals surface area contributed by atoms with E-state index in [1.165, 1.54) is 0 Å². The van der Waals surface area contributed by atoms with Gasteiger partial charge in [-0.1, -0.05) is 0 Å². The molecular formula is C7H5BrF4N2. The molecule has 0 unspecified atom stereocenters. The minimum absolute atomic E-state index is 0.0848. The molecule has 0 aromatic heterocycles. The highest BCUT2D eigenvalue weighted by Gasteiger charge is 2.34. The van der Waals surface area contributed by atoms with E-state index in [0.29, 0.717) is 6.07 Å². The van der Waals surface area contributed by atoms with E-state index in [1.54, 1.807) is 0 Å². The first-order valence-corrected chi connectivity index (χ1v) is 4.18. The number of halogens is 5. The van der Waals surface area contributed by atoms with Crippen LogP contribution in [0.15, 0.2) is 16.6 Å². The fraction of sp³-hybridized carbons (Fsp3) is 0.143. The Morgan fingerprint density at radius 2 is 1.86 bits per heavy atom. The van der Waals surface area contributed by atoms with Gasteiger partial charge >= 0.3 is 6.18 Å². The summed E-state index contributed by atoms with van der Waals surface area (Å²) in [6, 6.07) is 1.30. The lowest BCUT2D eigenvalue weighted by molar-refractivity contribution is -0.137. The van der Waals surface area contributed by atoms with Gasteiger partial charge in [-0.2, -0.15) is 13.2 Å². The Kier molecular flexibility index (Phi) is 3.01. The summed E-state index contributed by atoms with van der Waals surface area (Å²) >= 11 is 2.75. The van der Waals surface area contributed by atoms with Crippen LogP contribution in [0.2, 0.25) is 0 Å². The number of hydrogen-bond acceptors (Lipinski definition) is 2. The van der Waals surface area contributed by atoms with Crippen molar-refractivity contribution in [1.29, 1.82) is 0 Å². The highest BCUT2D eigenvalue weighted by molar-refractivity contribution is 9.10. The zero-order chi connectivity index (χ0) is 10.9. The van der Waals surface area contributed by atoms with E-state index in [4.69, 9.17) is 5.84 Å². The predicted molar refractivity (Wildman–Crippen MR) is 46.9 cm³/mol. The third-order valence-corrected chi connectivity index (χ3v) is 2.13. The molecule has 0 saturated carbocycles. The summed E-state index contributed by atoms with van der Waals surface area (Å²) < 4.78 is 49.5. The Morgan fingerprint density at radius 1 is 1.29 bits per heavy atom. The fourth-order valence-electron chi connectivity index (χ4n) is 0.901. The topological polar surface area (TPSA) is 38.0 Å². The molecular weight excluding hydrogens is 268 g/mol. The number of hydrogen-bond donors (Lipinski definition) is 2. The number of alkyl halides is 3. The highest BCUT2D eigenvalue weighted by atomic mass is 79.9. The summed E-state index contributed by atoms with van der Waals surface area (Å²) in [7, 11) is 0. The van der Waals surface area contributed by atoms with Crippen molar-refractivity contribution in [3.8, 4) is 0 Å². The van der Waals surface area contributed by atoms with E-state index < -0.39 is 17.6 Å². The number of nitrogens with one attached hydrogen (secondary N) is 1. The maximum Gasteiger partial charge on any atom is 0.418 e. The molecule has 0 heterocycles. The quantitative estimate of drug-likeness (QED) is 0.469. The molecule has 0 spiro atoms. The third-order valence-electron chi connectivity index (χ3n) is 1.52. The molecule has 0 aliphatic heterocycles. The second-order valence-electron chi connectivity index (χ2n) is 2.45. The summed E-state index contributed by atoms with van der Waals surface area (Å²) in [5, 5.41) is 0. The Hall–Kier alpha value is -0.820. The van der Waals surface area contributed by atoms with Gasteiger partial charge in [-0.25, -0.2) is 4.39 Å². The molecule has 1 aromatic rings. The Labute approximate surface area is 85.2 Å². The summed E-state index contributed by atoms with van der Waals surface area (Å²) in [5.74, 6) is 3.88. The van der Waals surface area contributed by atoms with Crippen LogP contribution < -0.4 is 11.3 Å². The van der Waals surface area contributed by atoms with E-state index in [-0.39, 0.29) is 10.2 Å². The zero-order valence-corrected chi connectivity index (χ0v) is 8.21. The smallest absolute Gasteiger partial charge is 0.323 e. The van der Waals surface area contributed by atoms with Crippen LogP contribution >= 0.6 is 15.9 Å². The molecule has 7 heteroatoms. The number of nitrogen functional groups attached to an aromatic ring is 1. The molecule has 0 atom stereocenters. The first-order chi connectivity index (χ1) is 6.36. The average Bonchev–Trinajstić information content (AvgIpc) is 2.07. The Morgan fingerprint density at radius 3 is 2.29 bits per heavy atom. The molecule has 1 aromatic carbocycles. The van der Waals surface area contributed by atoms with Gasteiger partial charge in [0.2, 0.25) is 0 Å². The molecule has 78 valence electrons. The van der Waals surface area contributed by atoms with Gasteiger partial charge in [-0.15, -0.1) is 0 Å². The van der Waals surface area contributed by atoms with Crippen molar-refractivity contribution in [3.05, 3.63) is 28.0 Å². The van der Waals surface area contributed by atoms with E-state index in [0.717, 1.165) is 6.07 Å². The molecule has 3 N–H and O–H groups in total. The number of hydrazine groups is 1. The van der Waals surface area contributed by atoms with Crippen LogP contribution in [0.1, 0.15) is 5.56 Å². The van der Waals surface area contributed by atoms with Crippen molar-refractivity contribution in [2.24, 2.45) is 5.84 Å². The van der Waals surface area contributed by atoms with Gasteiger partial charge in [-0.05, 0) is 28.1 Å². The summed E-state index contributed by atoms with van der Waals surface area (Å²) in [5.41, 5.74) is 0.332. The number of nitrogens with two attached hydrogens (primary N) is 1.